The van der Waals surface area contributed by atoms with E-state index in [1.807, 2.05) is 0 Å². The minimum Gasteiger partial charge on any atom is -0.346 e. The first-order valence-corrected chi connectivity index (χ1v) is 12.0. The van der Waals surface area contributed by atoms with E-state index in [0.717, 1.165) is 15.6 Å². The van der Waals surface area contributed by atoms with Gasteiger partial charge in [0.2, 0.25) is 5.91 Å². The summed E-state index contributed by atoms with van der Waals surface area (Å²) in [5, 5.41) is 5.00. The van der Waals surface area contributed by atoms with Crippen LogP contribution in [0.5, 0.6) is 0 Å². The summed E-state index contributed by atoms with van der Waals surface area (Å²) in [6.07, 6.45) is -1.35. The van der Waals surface area contributed by atoms with Gasteiger partial charge in [-0.15, -0.1) is 12.4 Å². The van der Waals surface area contributed by atoms with Gasteiger partial charge in [-0.1, -0.05) is 0 Å². The zero-order valence-electron chi connectivity index (χ0n) is 20.2. The number of aromatic amines is 1. The normalized spacial score (nSPS) is 18.0. The number of nitrogens with zero attached hydrogens (tertiary/aromatic N) is 5. The second kappa shape index (κ2) is 9.78. The van der Waals surface area contributed by atoms with Crippen molar-refractivity contribution in [3.05, 3.63) is 59.6 Å². The van der Waals surface area contributed by atoms with Gasteiger partial charge in [0, 0.05) is 55.5 Å². The maximum absolute atomic E-state index is 14.9. The Hall–Kier alpha value is -3.74. The standard InChI is InChI=1S/C25H21F5N6O2.ClH/c26-14-8-17(27)21-18(9-14)36(12-20(37)35-7-1-2-19(35)25(28,29)30)33-22(21)13-10-34(11-13)24(38)16-4-6-32-23-15(16)3-5-31-23;/h3-6,8-9,13,19H,1-2,7,10-12H2,(H,31,32);1H/t19-;/m0./s1. The lowest BCUT2D eigenvalue weighted by Gasteiger charge is -2.38. The molecule has 1 atom stereocenters. The second-order valence-corrected chi connectivity index (χ2v) is 9.62. The van der Waals surface area contributed by atoms with Crippen LogP contribution >= 0.6 is 12.4 Å². The number of likely N-dealkylation sites (tertiary alicyclic amines) is 2. The number of rotatable bonds is 4. The molecule has 2 fully saturated rings. The fourth-order valence-electron chi connectivity index (χ4n) is 5.42. The molecule has 0 spiro atoms. The molecule has 14 heteroatoms. The minimum absolute atomic E-state index is 0. The first kappa shape index (κ1) is 26.9. The molecule has 5 heterocycles. The van der Waals surface area contributed by atoms with E-state index in [4.69, 9.17) is 0 Å². The van der Waals surface area contributed by atoms with Crippen LogP contribution in [0.15, 0.2) is 36.7 Å². The Labute approximate surface area is 224 Å². The number of benzene rings is 1. The smallest absolute Gasteiger partial charge is 0.346 e. The SMILES string of the molecule is Cl.O=C(c1ccnc2[nH]ccc12)N1CC(c2nn(CC(=O)N3CCC[C@H]3C(F)(F)F)c3cc(F)cc(F)c23)C1. The fraction of sp³-hybridized carbons (Fsp3) is 0.360. The van der Waals surface area contributed by atoms with Crippen LogP contribution in [0.4, 0.5) is 22.0 Å². The Morgan fingerprint density at radius 3 is 2.64 bits per heavy atom. The highest BCUT2D eigenvalue weighted by atomic mass is 35.5. The molecular formula is C25H22ClF5N6O2. The Morgan fingerprint density at radius 2 is 1.90 bits per heavy atom. The molecule has 1 N–H and O–H groups in total. The zero-order chi connectivity index (χ0) is 26.8. The molecule has 206 valence electrons. The second-order valence-electron chi connectivity index (χ2n) is 9.62. The first-order valence-electron chi connectivity index (χ1n) is 12.0. The van der Waals surface area contributed by atoms with Gasteiger partial charge in [0.1, 0.15) is 29.9 Å². The van der Waals surface area contributed by atoms with Crippen LogP contribution < -0.4 is 0 Å². The van der Waals surface area contributed by atoms with E-state index < -0.39 is 42.2 Å². The van der Waals surface area contributed by atoms with Crippen molar-refractivity contribution in [2.75, 3.05) is 19.6 Å². The molecule has 3 aromatic heterocycles. The summed E-state index contributed by atoms with van der Waals surface area (Å²) >= 11 is 0. The van der Waals surface area contributed by atoms with Crippen LogP contribution in [0.2, 0.25) is 0 Å². The number of carbonyl (C=O) groups excluding carboxylic acids is 2. The van der Waals surface area contributed by atoms with Crippen molar-refractivity contribution in [2.45, 2.75) is 37.5 Å². The monoisotopic (exact) mass is 568 g/mol. The molecule has 0 unspecified atom stereocenters. The molecule has 6 rings (SSSR count). The number of aromatic nitrogens is 4. The molecule has 4 aromatic rings. The number of carbonyl (C=O) groups is 2. The molecule has 39 heavy (non-hydrogen) atoms. The van der Waals surface area contributed by atoms with Crippen LogP contribution in [0, 0.1) is 11.6 Å². The van der Waals surface area contributed by atoms with Gasteiger partial charge in [0.05, 0.1) is 22.2 Å². The number of amides is 2. The molecule has 2 aliphatic rings. The van der Waals surface area contributed by atoms with Crippen molar-refractivity contribution < 1.29 is 31.5 Å². The molecule has 2 saturated heterocycles. The van der Waals surface area contributed by atoms with Crippen molar-refractivity contribution in [1.29, 1.82) is 0 Å². The predicted molar refractivity (Wildman–Crippen MR) is 132 cm³/mol. The lowest BCUT2D eigenvalue weighted by atomic mass is 9.92. The molecule has 0 bridgehead atoms. The molecule has 2 amide bonds. The van der Waals surface area contributed by atoms with E-state index in [1.165, 1.54) is 6.20 Å². The third kappa shape index (κ3) is 4.58. The first-order chi connectivity index (χ1) is 18.1. The van der Waals surface area contributed by atoms with E-state index in [0.29, 0.717) is 22.7 Å². The molecule has 0 saturated carbocycles. The van der Waals surface area contributed by atoms with Gasteiger partial charge in [0.15, 0.2) is 0 Å². The molecule has 1 aromatic carbocycles. The maximum Gasteiger partial charge on any atom is 0.408 e. The molecular weight excluding hydrogens is 547 g/mol. The van der Waals surface area contributed by atoms with Crippen molar-refractivity contribution >= 4 is 46.2 Å². The minimum atomic E-state index is -4.57. The van der Waals surface area contributed by atoms with E-state index >= 15 is 0 Å². The Morgan fingerprint density at radius 1 is 1.13 bits per heavy atom. The third-order valence-electron chi connectivity index (χ3n) is 7.28. The number of H-pyrrole nitrogens is 1. The van der Waals surface area contributed by atoms with Crippen molar-refractivity contribution in [3.63, 3.8) is 0 Å². The highest BCUT2D eigenvalue weighted by molar-refractivity contribution is 6.05. The van der Waals surface area contributed by atoms with Crippen molar-refractivity contribution in [3.8, 4) is 0 Å². The topological polar surface area (TPSA) is 87.1 Å². The number of nitrogens with one attached hydrogen (secondary N) is 1. The Balaban J connectivity index is 0.00000308. The van der Waals surface area contributed by atoms with Crippen molar-refractivity contribution in [1.82, 2.24) is 29.5 Å². The summed E-state index contributed by atoms with van der Waals surface area (Å²) in [5.74, 6) is -3.27. The van der Waals surface area contributed by atoms with Gasteiger partial charge >= 0.3 is 6.18 Å². The zero-order valence-corrected chi connectivity index (χ0v) is 21.0. The number of pyridine rings is 1. The van der Waals surface area contributed by atoms with Gasteiger partial charge < -0.3 is 14.8 Å². The van der Waals surface area contributed by atoms with Crippen LogP contribution in [0.1, 0.15) is 34.8 Å². The van der Waals surface area contributed by atoms with Crippen molar-refractivity contribution in [2.24, 2.45) is 0 Å². The van der Waals surface area contributed by atoms with E-state index in [-0.39, 0.29) is 67.4 Å². The van der Waals surface area contributed by atoms with Gasteiger partial charge in [-0.25, -0.2) is 13.8 Å². The average molecular weight is 569 g/mol. The molecule has 0 radical (unpaired) electrons. The van der Waals surface area contributed by atoms with Crippen LogP contribution in [-0.4, -0.2) is 73.2 Å². The van der Waals surface area contributed by atoms with Gasteiger partial charge in [-0.3, -0.25) is 14.3 Å². The Bertz CT molecular complexity index is 1580. The van der Waals surface area contributed by atoms with Crippen LogP contribution in [-0.2, 0) is 11.3 Å². The van der Waals surface area contributed by atoms with E-state index in [2.05, 4.69) is 15.1 Å². The van der Waals surface area contributed by atoms with Gasteiger partial charge in [0.25, 0.3) is 5.91 Å². The summed E-state index contributed by atoms with van der Waals surface area (Å²) < 4.78 is 70.2. The molecule has 8 nitrogen and oxygen atoms in total. The number of hydrogen-bond donors (Lipinski definition) is 1. The summed E-state index contributed by atoms with van der Waals surface area (Å²) in [4.78, 5) is 35.4. The van der Waals surface area contributed by atoms with Crippen LogP contribution in [0.3, 0.4) is 0 Å². The third-order valence-corrected chi connectivity index (χ3v) is 7.28. The number of hydrogen-bond acceptors (Lipinski definition) is 4. The summed E-state index contributed by atoms with van der Waals surface area (Å²) in [6, 6.07) is 3.16. The molecule has 0 aliphatic carbocycles. The maximum atomic E-state index is 14.9. The largest absolute Gasteiger partial charge is 0.408 e. The van der Waals surface area contributed by atoms with Crippen LogP contribution in [0.25, 0.3) is 21.9 Å². The quantitative estimate of drug-likeness (QED) is 0.370. The van der Waals surface area contributed by atoms with E-state index in [9.17, 15) is 31.5 Å². The molecule has 2 aliphatic heterocycles. The highest BCUT2D eigenvalue weighted by Crippen LogP contribution is 2.36. The average Bonchev–Trinajstić information content (AvgIpc) is 3.56. The summed E-state index contributed by atoms with van der Waals surface area (Å²) in [6.45, 7) is -0.247. The fourth-order valence-corrected chi connectivity index (χ4v) is 5.42. The van der Waals surface area contributed by atoms with Gasteiger partial charge in [-0.2, -0.15) is 18.3 Å². The van der Waals surface area contributed by atoms with E-state index in [1.54, 1.807) is 23.2 Å². The predicted octanol–water partition coefficient (Wildman–Crippen LogP) is 4.41. The summed E-state index contributed by atoms with van der Waals surface area (Å²) in [5.41, 5.74) is 1.22. The lowest BCUT2D eigenvalue weighted by molar-refractivity contribution is -0.183. The summed E-state index contributed by atoms with van der Waals surface area (Å²) in [7, 11) is 0. The lowest BCUT2D eigenvalue weighted by Crippen LogP contribution is -2.48. The van der Waals surface area contributed by atoms with Gasteiger partial charge in [-0.05, 0) is 25.0 Å². The number of fused-ring (bicyclic) bond motifs is 2. The number of alkyl halides is 3. The number of halogens is 6. The Kier molecular flexibility index (Phi) is 6.73. The highest BCUT2D eigenvalue weighted by Gasteiger charge is 2.47.